The first-order valence-electron chi connectivity index (χ1n) is 10.4. The molecule has 3 rings (SSSR count). The molecule has 0 radical (unpaired) electrons. The van der Waals surface area contributed by atoms with Crippen LogP contribution in [0, 0.1) is 0 Å². The maximum absolute atomic E-state index is 12.0. The molecule has 1 aromatic rings. The zero-order valence-electron chi connectivity index (χ0n) is 17.9. The number of rotatable bonds is 8. The van der Waals surface area contributed by atoms with Crippen molar-refractivity contribution in [2.24, 2.45) is 16.5 Å². The summed E-state index contributed by atoms with van der Waals surface area (Å²) in [4.78, 5) is 16.6. The molecule has 0 saturated heterocycles. The van der Waals surface area contributed by atoms with E-state index < -0.39 is 17.2 Å². The number of aliphatic imine (C=N–C) groups is 1. The largest absolute Gasteiger partial charge is 0.487 e. The number of Topliss-reactive ketones (excluding diaryl/α,β-unsaturated/α-hetero) is 1. The highest BCUT2D eigenvalue weighted by Gasteiger charge is 2.43. The third kappa shape index (κ3) is 4.51. The van der Waals surface area contributed by atoms with Crippen molar-refractivity contribution in [3.05, 3.63) is 29.3 Å². The summed E-state index contributed by atoms with van der Waals surface area (Å²) in [7, 11) is 1.53. The summed E-state index contributed by atoms with van der Waals surface area (Å²) in [5.41, 5.74) is 12.8. The average Bonchev–Trinajstić information content (AvgIpc) is 2.70. The van der Waals surface area contributed by atoms with Crippen LogP contribution in [0.1, 0.15) is 50.7 Å². The van der Waals surface area contributed by atoms with Gasteiger partial charge in [0.2, 0.25) is 0 Å². The summed E-state index contributed by atoms with van der Waals surface area (Å²) in [6.07, 6.45) is 1.89. The molecule has 2 aliphatic rings. The molecule has 30 heavy (non-hydrogen) atoms. The van der Waals surface area contributed by atoms with E-state index in [1.807, 2.05) is 18.2 Å². The molecule has 6 N–H and O–H groups in total. The maximum Gasteiger partial charge on any atom is 0.165 e. The second-order valence-corrected chi connectivity index (χ2v) is 8.81. The molecule has 166 valence electrons. The van der Waals surface area contributed by atoms with E-state index in [-0.39, 0.29) is 24.5 Å². The highest BCUT2D eigenvalue weighted by atomic mass is 16.5. The van der Waals surface area contributed by atoms with Crippen LogP contribution in [0.3, 0.4) is 0 Å². The molecule has 1 unspecified atom stereocenters. The van der Waals surface area contributed by atoms with Gasteiger partial charge < -0.3 is 31.2 Å². The summed E-state index contributed by atoms with van der Waals surface area (Å²) < 4.78 is 11.6. The van der Waals surface area contributed by atoms with Gasteiger partial charge in [-0.2, -0.15) is 0 Å². The lowest BCUT2D eigenvalue weighted by Gasteiger charge is -2.44. The Morgan fingerprint density at radius 2 is 2.17 bits per heavy atom. The minimum atomic E-state index is -0.973. The van der Waals surface area contributed by atoms with Crippen LogP contribution in [0.5, 0.6) is 5.75 Å². The molecular formula is C22H33N3O5. The van der Waals surface area contributed by atoms with Gasteiger partial charge >= 0.3 is 0 Å². The normalized spacial score (nSPS) is 29.2. The quantitative estimate of drug-likeness (QED) is 0.359. The zero-order valence-corrected chi connectivity index (χ0v) is 17.9. The Morgan fingerprint density at radius 3 is 2.77 bits per heavy atom. The maximum atomic E-state index is 12.0. The number of hydrogen-bond acceptors (Lipinski definition) is 7. The number of ketones is 1. The van der Waals surface area contributed by atoms with Crippen molar-refractivity contribution in [1.29, 1.82) is 0 Å². The van der Waals surface area contributed by atoms with Gasteiger partial charge in [0.05, 0.1) is 18.8 Å². The monoisotopic (exact) mass is 419 g/mol. The number of aliphatic hydroxyl groups is 2. The fraction of sp³-hybridized carbons (Fsp3) is 0.636. The third-order valence-corrected chi connectivity index (χ3v) is 6.50. The van der Waals surface area contributed by atoms with Crippen LogP contribution in [0.2, 0.25) is 0 Å². The molecule has 1 aromatic carbocycles. The van der Waals surface area contributed by atoms with Gasteiger partial charge in [-0.3, -0.25) is 9.79 Å². The number of benzene rings is 1. The molecule has 0 amide bonds. The molecule has 0 bridgehead atoms. The third-order valence-electron chi connectivity index (χ3n) is 6.50. The van der Waals surface area contributed by atoms with Gasteiger partial charge in [-0.25, -0.2) is 0 Å². The van der Waals surface area contributed by atoms with Crippen LogP contribution in [0.4, 0.5) is 0 Å². The number of fused-ring (bicyclic) bond motifs is 1. The Kier molecular flexibility index (Phi) is 6.52. The van der Waals surface area contributed by atoms with Crippen LogP contribution < -0.4 is 16.2 Å². The first kappa shape index (κ1) is 22.7. The van der Waals surface area contributed by atoms with Crippen LogP contribution in [0.15, 0.2) is 23.2 Å². The number of nitrogens with two attached hydrogens (primary N) is 2. The van der Waals surface area contributed by atoms with Crippen molar-refractivity contribution in [2.45, 2.75) is 75.3 Å². The lowest BCUT2D eigenvalue weighted by atomic mass is 9.70. The number of methoxy groups -OCH3 is 1. The highest BCUT2D eigenvalue weighted by Crippen LogP contribution is 2.37. The molecule has 1 aliphatic carbocycles. The zero-order chi connectivity index (χ0) is 22.1. The lowest BCUT2D eigenvalue weighted by molar-refractivity contribution is -0.149. The van der Waals surface area contributed by atoms with Crippen molar-refractivity contribution in [3.8, 4) is 5.75 Å². The smallest absolute Gasteiger partial charge is 0.165 e. The molecule has 3 atom stereocenters. The fourth-order valence-electron chi connectivity index (χ4n) is 4.38. The first-order chi connectivity index (χ1) is 14.1. The van der Waals surface area contributed by atoms with Crippen molar-refractivity contribution in [1.82, 2.24) is 0 Å². The van der Waals surface area contributed by atoms with Crippen LogP contribution in [-0.2, 0) is 16.0 Å². The Hall–Kier alpha value is -2.00. The molecule has 8 nitrogen and oxygen atoms in total. The number of ether oxygens (including phenoxy) is 2. The van der Waals surface area contributed by atoms with Gasteiger partial charge in [0, 0.05) is 18.2 Å². The number of carbonyl (C=O) groups excluding carboxylic acids is 1. The fourth-order valence-corrected chi connectivity index (χ4v) is 4.38. The number of nitrogens with zero attached hydrogens (tertiary/aromatic N) is 1. The van der Waals surface area contributed by atoms with Gasteiger partial charge in [-0.15, -0.1) is 0 Å². The van der Waals surface area contributed by atoms with E-state index in [0.717, 1.165) is 23.3 Å². The van der Waals surface area contributed by atoms with E-state index in [1.54, 1.807) is 6.92 Å². The predicted molar refractivity (Wildman–Crippen MR) is 114 cm³/mol. The summed E-state index contributed by atoms with van der Waals surface area (Å²) in [6, 6.07) is 5.71. The van der Waals surface area contributed by atoms with Crippen LogP contribution in [0.25, 0.3) is 0 Å². The second-order valence-electron chi connectivity index (χ2n) is 8.81. The van der Waals surface area contributed by atoms with Crippen LogP contribution >= 0.6 is 0 Å². The molecule has 1 heterocycles. The summed E-state index contributed by atoms with van der Waals surface area (Å²) in [6.45, 7) is 2.99. The topological polar surface area (TPSA) is 140 Å². The number of aryl methyl sites for hydroxylation is 1. The first-order valence-corrected chi connectivity index (χ1v) is 10.4. The molecular weight excluding hydrogens is 386 g/mol. The second kappa shape index (κ2) is 8.63. The van der Waals surface area contributed by atoms with Crippen molar-refractivity contribution in [3.63, 3.8) is 0 Å². The summed E-state index contributed by atoms with van der Waals surface area (Å²) in [5, 5.41) is 18.6. The van der Waals surface area contributed by atoms with E-state index in [1.165, 1.54) is 14.0 Å². The lowest BCUT2D eigenvalue weighted by Crippen LogP contribution is -2.56. The van der Waals surface area contributed by atoms with E-state index in [4.69, 9.17) is 26.0 Å². The van der Waals surface area contributed by atoms with Gasteiger partial charge in [-0.1, -0.05) is 0 Å². The SMILES string of the molecule is CO[C@](C)(C(C)=O)[C@H]1CCc2cc(C(N)=NC3CC(N)(CC(O)CO)C3)ccc2O1. The van der Waals surface area contributed by atoms with Gasteiger partial charge in [0.15, 0.2) is 11.4 Å². The summed E-state index contributed by atoms with van der Waals surface area (Å²) >= 11 is 0. The number of hydrogen-bond donors (Lipinski definition) is 4. The van der Waals surface area contributed by atoms with E-state index in [0.29, 0.717) is 31.5 Å². The van der Waals surface area contributed by atoms with Gasteiger partial charge in [-0.05, 0) is 69.7 Å². The Labute approximate surface area is 177 Å². The van der Waals surface area contributed by atoms with Gasteiger partial charge in [0.25, 0.3) is 0 Å². The van der Waals surface area contributed by atoms with Crippen molar-refractivity contribution >= 4 is 11.6 Å². The molecule has 1 saturated carbocycles. The van der Waals surface area contributed by atoms with Crippen LogP contribution in [-0.4, -0.2) is 64.9 Å². The predicted octanol–water partition coefficient (Wildman–Crippen LogP) is 0.683. The van der Waals surface area contributed by atoms with E-state index in [2.05, 4.69) is 4.99 Å². The standard InChI is InChI=1S/C22H33N3O5/c1-13(27)21(2,29-3)19-7-5-14-8-15(4-6-18(14)30-19)20(23)25-16-9-22(24,10-16)11-17(28)12-26/h4,6,8,16-17,19,26,28H,5,7,9-12,24H2,1-3H3,(H2,23,25)/t16?,17?,19-,21-,22?/m1/s1. The molecule has 0 aromatic heterocycles. The Balaban J connectivity index is 1.66. The molecule has 1 fully saturated rings. The van der Waals surface area contributed by atoms with E-state index >= 15 is 0 Å². The molecule has 8 heteroatoms. The number of carbonyl (C=O) groups is 1. The van der Waals surface area contributed by atoms with Crippen molar-refractivity contribution < 1.29 is 24.5 Å². The molecule has 0 spiro atoms. The number of aliphatic hydroxyl groups excluding tert-OH is 2. The molecule has 1 aliphatic heterocycles. The minimum Gasteiger partial charge on any atom is -0.487 e. The average molecular weight is 420 g/mol. The van der Waals surface area contributed by atoms with E-state index in [9.17, 15) is 9.90 Å². The summed E-state index contributed by atoms with van der Waals surface area (Å²) in [5.74, 6) is 1.12. The minimum absolute atomic E-state index is 0.00975. The van der Waals surface area contributed by atoms with Gasteiger partial charge in [0.1, 0.15) is 17.7 Å². The number of amidine groups is 1. The highest BCUT2D eigenvalue weighted by molar-refractivity contribution is 5.98. The Bertz CT molecular complexity index is 821. The van der Waals surface area contributed by atoms with Crippen molar-refractivity contribution in [2.75, 3.05) is 13.7 Å². The Morgan fingerprint density at radius 1 is 1.47 bits per heavy atom.